The van der Waals surface area contributed by atoms with Crippen LogP contribution in [0.15, 0.2) is 22.5 Å². The summed E-state index contributed by atoms with van der Waals surface area (Å²) >= 11 is 0. The maximum Gasteiger partial charge on any atom is 0.253 e. The molecule has 0 fully saturated rings. The fraction of sp³-hybridized carbons (Fsp3) is 0.250. The lowest BCUT2D eigenvalue weighted by Crippen LogP contribution is -2.18. The van der Waals surface area contributed by atoms with Crippen molar-refractivity contribution >= 4 is 11.8 Å². The van der Waals surface area contributed by atoms with Crippen LogP contribution in [0.5, 0.6) is 0 Å². The zero-order valence-electron chi connectivity index (χ0n) is 6.82. The van der Waals surface area contributed by atoms with Gasteiger partial charge >= 0.3 is 0 Å². The Morgan fingerprint density at radius 2 is 1.17 bits per heavy atom. The largest absolute Gasteiger partial charge is 0.320 e. The van der Waals surface area contributed by atoms with Crippen LogP contribution in [0.25, 0.3) is 0 Å². The summed E-state index contributed by atoms with van der Waals surface area (Å²) in [7, 11) is 0. The van der Waals surface area contributed by atoms with E-state index in [2.05, 4.69) is 10.6 Å². The van der Waals surface area contributed by atoms with Crippen molar-refractivity contribution in [1.82, 2.24) is 10.6 Å². The van der Waals surface area contributed by atoms with Gasteiger partial charge in [0.2, 0.25) is 0 Å². The summed E-state index contributed by atoms with van der Waals surface area (Å²) in [6, 6.07) is 0. The standard InChI is InChI=1S/C8H8N2O2/c1-3-5-6(10-7(3)11)4(2)8(12)9-5/h1-2H3,(H,9,12)(H,10,11). The number of carbonyl (C=O) groups excluding carboxylic acids is 2. The Kier molecular flexibility index (Phi) is 1.16. The fourth-order valence-electron chi connectivity index (χ4n) is 1.33. The molecular weight excluding hydrogens is 156 g/mol. The van der Waals surface area contributed by atoms with Crippen LogP contribution in [-0.2, 0) is 9.59 Å². The number of carbonyl (C=O) groups is 2. The Bertz CT molecular complexity index is 327. The smallest absolute Gasteiger partial charge is 0.253 e. The molecule has 12 heavy (non-hydrogen) atoms. The molecule has 62 valence electrons. The summed E-state index contributed by atoms with van der Waals surface area (Å²) in [6.07, 6.45) is 0. The summed E-state index contributed by atoms with van der Waals surface area (Å²) in [5.41, 5.74) is 2.44. The van der Waals surface area contributed by atoms with Gasteiger partial charge in [-0.1, -0.05) is 0 Å². The van der Waals surface area contributed by atoms with Crippen LogP contribution in [-0.4, -0.2) is 11.8 Å². The van der Waals surface area contributed by atoms with Gasteiger partial charge in [0.1, 0.15) is 0 Å². The molecule has 0 aromatic carbocycles. The second-order valence-electron chi connectivity index (χ2n) is 2.91. The molecule has 0 saturated carbocycles. The minimum Gasteiger partial charge on any atom is -0.320 e. The quantitative estimate of drug-likeness (QED) is 0.520. The van der Waals surface area contributed by atoms with E-state index in [4.69, 9.17) is 0 Å². The lowest BCUT2D eigenvalue weighted by atomic mass is 10.2. The minimum absolute atomic E-state index is 0.126. The topological polar surface area (TPSA) is 58.2 Å². The number of hydrogen-bond donors (Lipinski definition) is 2. The molecule has 0 aromatic rings. The fourth-order valence-corrected chi connectivity index (χ4v) is 1.33. The number of nitrogens with one attached hydrogen (secondary N) is 2. The molecule has 2 heterocycles. The lowest BCUT2D eigenvalue weighted by molar-refractivity contribution is -0.116. The van der Waals surface area contributed by atoms with Crippen LogP contribution in [0, 0.1) is 0 Å². The van der Waals surface area contributed by atoms with E-state index >= 15 is 0 Å². The number of fused-ring (bicyclic) bond motifs is 1. The van der Waals surface area contributed by atoms with E-state index in [1.54, 1.807) is 13.8 Å². The van der Waals surface area contributed by atoms with Crippen molar-refractivity contribution in [2.75, 3.05) is 0 Å². The predicted octanol–water partition coefficient (Wildman–Crippen LogP) is -0.206. The van der Waals surface area contributed by atoms with Gasteiger partial charge in [0.05, 0.1) is 11.4 Å². The van der Waals surface area contributed by atoms with Crippen molar-refractivity contribution in [3.63, 3.8) is 0 Å². The summed E-state index contributed by atoms with van der Waals surface area (Å²) in [6.45, 7) is 3.38. The molecule has 0 radical (unpaired) electrons. The molecule has 0 saturated heterocycles. The Balaban J connectivity index is 2.59. The van der Waals surface area contributed by atoms with Gasteiger partial charge < -0.3 is 10.6 Å². The Morgan fingerprint density at radius 1 is 0.833 bits per heavy atom. The summed E-state index contributed by atoms with van der Waals surface area (Å²) in [5, 5.41) is 5.26. The van der Waals surface area contributed by atoms with Crippen LogP contribution >= 0.6 is 0 Å². The van der Waals surface area contributed by atoms with Crippen molar-refractivity contribution in [1.29, 1.82) is 0 Å². The number of rotatable bonds is 0. The number of amides is 2. The zero-order valence-corrected chi connectivity index (χ0v) is 6.82. The molecule has 0 atom stereocenters. The predicted molar refractivity (Wildman–Crippen MR) is 41.7 cm³/mol. The van der Waals surface area contributed by atoms with E-state index in [9.17, 15) is 9.59 Å². The number of hydrogen-bond acceptors (Lipinski definition) is 2. The molecule has 2 amide bonds. The van der Waals surface area contributed by atoms with Gasteiger partial charge in [-0.25, -0.2) is 0 Å². The Labute approximate surface area is 69.3 Å². The van der Waals surface area contributed by atoms with E-state index in [0.29, 0.717) is 22.5 Å². The first-order valence-electron chi connectivity index (χ1n) is 3.66. The molecule has 2 N–H and O–H groups in total. The molecule has 4 nitrogen and oxygen atoms in total. The van der Waals surface area contributed by atoms with Crippen LogP contribution in [0.1, 0.15) is 13.8 Å². The average molecular weight is 164 g/mol. The Hall–Kier alpha value is -1.58. The summed E-state index contributed by atoms with van der Waals surface area (Å²) < 4.78 is 0. The molecule has 4 heteroatoms. The molecule has 0 bridgehead atoms. The third-order valence-electron chi connectivity index (χ3n) is 2.16. The highest BCUT2D eigenvalue weighted by atomic mass is 16.2. The molecule has 2 aliphatic heterocycles. The zero-order chi connectivity index (χ0) is 8.88. The molecule has 0 aliphatic carbocycles. The molecular formula is C8H8N2O2. The van der Waals surface area contributed by atoms with Crippen molar-refractivity contribution < 1.29 is 9.59 Å². The molecule has 2 rings (SSSR count). The van der Waals surface area contributed by atoms with Crippen LogP contribution in [0.3, 0.4) is 0 Å². The van der Waals surface area contributed by atoms with Crippen molar-refractivity contribution in [3.05, 3.63) is 22.5 Å². The van der Waals surface area contributed by atoms with Crippen molar-refractivity contribution in [3.8, 4) is 0 Å². The molecule has 0 unspecified atom stereocenters. The maximum atomic E-state index is 11.1. The van der Waals surface area contributed by atoms with Crippen LogP contribution in [0.2, 0.25) is 0 Å². The first-order valence-corrected chi connectivity index (χ1v) is 3.66. The van der Waals surface area contributed by atoms with E-state index in [1.807, 2.05) is 0 Å². The first kappa shape index (κ1) is 7.09. The maximum absolute atomic E-state index is 11.1. The van der Waals surface area contributed by atoms with Gasteiger partial charge in [-0.05, 0) is 13.8 Å². The van der Waals surface area contributed by atoms with Crippen molar-refractivity contribution in [2.45, 2.75) is 13.8 Å². The van der Waals surface area contributed by atoms with Gasteiger partial charge in [0.25, 0.3) is 11.8 Å². The second kappa shape index (κ2) is 1.97. The first-order chi connectivity index (χ1) is 5.61. The van der Waals surface area contributed by atoms with Gasteiger partial charge in [0, 0.05) is 11.1 Å². The lowest BCUT2D eigenvalue weighted by Gasteiger charge is -1.94. The average Bonchev–Trinajstić information content (AvgIpc) is 2.43. The third kappa shape index (κ3) is 0.664. The van der Waals surface area contributed by atoms with Gasteiger partial charge in [-0.15, -0.1) is 0 Å². The molecule has 2 aliphatic rings. The minimum atomic E-state index is -0.126. The van der Waals surface area contributed by atoms with E-state index in [1.165, 1.54) is 0 Å². The third-order valence-corrected chi connectivity index (χ3v) is 2.16. The normalized spacial score (nSPS) is 21.5. The van der Waals surface area contributed by atoms with E-state index < -0.39 is 0 Å². The second-order valence-corrected chi connectivity index (χ2v) is 2.91. The molecule has 0 aromatic heterocycles. The highest BCUT2D eigenvalue weighted by Gasteiger charge is 2.33. The van der Waals surface area contributed by atoms with Crippen molar-refractivity contribution in [2.24, 2.45) is 0 Å². The van der Waals surface area contributed by atoms with E-state index in [0.717, 1.165) is 0 Å². The SMILES string of the molecule is CC1=C2NC(=O)C(C)=C2NC1=O. The molecule has 0 spiro atoms. The summed E-state index contributed by atoms with van der Waals surface area (Å²) in [4.78, 5) is 22.2. The monoisotopic (exact) mass is 164 g/mol. The van der Waals surface area contributed by atoms with Gasteiger partial charge in [-0.3, -0.25) is 9.59 Å². The highest BCUT2D eigenvalue weighted by molar-refractivity contribution is 6.08. The summed E-state index contributed by atoms with van der Waals surface area (Å²) in [5.74, 6) is -0.251. The highest BCUT2D eigenvalue weighted by Crippen LogP contribution is 2.25. The van der Waals surface area contributed by atoms with Crippen LogP contribution < -0.4 is 10.6 Å². The van der Waals surface area contributed by atoms with E-state index in [-0.39, 0.29) is 11.8 Å². The van der Waals surface area contributed by atoms with Gasteiger partial charge in [0.15, 0.2) is 0 Å². The Morgan fingerprint density at radius 3 is 1.50 bits per heavy atom. The van der Waals surface area contributed by atoms with Crippen LogP contribution in [0.4, 0.5) is 0 Å². The van der Waals surface area contributed by atoms with Gasteiger partial charge in [-0.2, -0.15) is 0 Å².